The van der Waals surface area contributed by atoms with Gasteiger partial charge in [-0.25, -0.2) is 0 Å². The van der Waals surface area contributed by atoms with Gasteiger partial charge in [0.15, 0.2) is 0 Å². The summed E-state index contributed by atoms with van der Waals surface area (Å²) in [6.07, 6.45) is 1.72. The monoisotopic (exact) mass is 161 g/mol. The molecule has 0 amide bonds. The fourth-order valence-corrected chi connectivity index (χ4v) is 1.36. The lowest BCUT2D eigenvalue weighted by Gasteiger charge is -2.04. The molecule has 12 heavy (non-hydrogen) atoms. The van der Waals surface area contributed by atoms with Crippen molar-refractivity contribution in [3.05, 3.63) is 47.7 Å². The van der Waals surface area contributed by atoms with E-state index in [0.29, 0.717) is 0 Å². The Labute approximate surface area is 74.1 Å². The molecule has 64 valence electrons. The van der Waals surface area contributed by atoms with E-state index < -0.39 is 0 Å². The lowest BCUT2D eigenvalue weighted by molar-refractivity contribution is 0.870. The van der Waals surface area contributed by atoms with Gasteiger partial charge in [0.1, 0.15) is 0 Å². The van der Waals surface area contributed by atoms with Crippen molar-refractivity contribution in [2.75, 3.05) is 0 Å². The van der Waals surface area contributed by atoms with Gasteiger partial charge in [-0.15, -0.1) is 0 Å². The molecule has 1 heteroatoms. The molecule has 0 aliphatic rings. The molecular weight excluding hydrogens is 146 g/mol. The summed E-state index contributed by atoms with van der Waals surface area (Å²) in [6, 6.07) is 6.55. The maximum atomic E-state index is 3.61. The SMILES string of the molecule is C=CNCc1cc(C)cc(C)c1. The molecule has 0 spiro atoms. The highest BCUT2D eigenvalue weighted by Gasteiger charge is 1.93. The van der Waals surface area contributed by atoms with E-state index in [4.69, 9.17) is 0 Å². The van der Waals surface area contributed by atoms with Crippen LogP contribution in [0.4, 0.5) is 0 Å². The van der Waals surface area contributed by atoms with Gasteiger partial charge >= 0.3 is 0 Å². The Hall–Kier alpha value is -1.24. The van der Waals surface area contributed by atoms with E-state index in [1.54, 1.807) is 6.20 Å². The lowest BCUT2D eigenvalue weighted by Crippen LogP contribution is -2.03. The first-order valence-corrected chi connectivity index (χ1v) is 4.14. The van der Waals surface area contributed by atoms with Crippen molar-refractivity contribution in [1.82, 2.24) is 5.32 Å². The van der Waals surface area contributed by atoms with Gasteiger partial charge in [-0.05, 0) is 25.6 Å². The van der Waals surface area contributed by atoms with E-state index >= 15 is 0 Å². The predicted octanol–water partition coefficient (Wildman–Crippen LogP) is 2.54. The van der Waals surface area contributed by atoms with Gasteiger partial charge in [0.05, 0.1) is 0 Å². The van der Waals surface area contributed by atoms with Crippen LogP contribution in [-0.2, 0) is 6.54 Å². The minimum Gasteiger partial charge on any atom is -0.387 e. The molecule has 1 N–H and O–H groups in total. The normalized spacial score (nSPS) is 9.50. The first-order chi connectivity index (χ1) is 5.72. The van der Waals surface area contributed by atoms with Crippen LogP contribution in [0.2, 0.25) is 0 Å². The quantitative estimate of drug-likeness (QED) is 0.718. The van der Waals surface area contributed by atoms with Crippen LogP contribution in [0.3, 0.4) is 0 Å². The molecule has 1 aromatic carbocycles. The highest BCUT2D eigenvalue weighted by atomic mass is 14.8. The number of hydrogen-bond acceptors (Lipinski definition) is 1. The maximum absolute atomic E-state index is 3.61. The second kappa shape index (κ2) is 3.96. The first kappa shape index (κ1) is 8.85. The summed E-state index contributed by atoms with van der Waals surface area (Å²) in [5.41, 5.74) is 3.94. The zero-order valence-electron chi connectivity index (χ0n) is 7.72. The van der Waals surface area contributed by atoms with E-state index in [1.807, 2.05) is 0 Å². The highest BCUT2D eigenvalue weighted by Crippen LogP contribution is 2.08. The third kappa shape index (κ3) is 2.42. The van der Waals surface area contributed by atoms with Crippen molar-refractivity contribution >= 4 is 0 Å². The van der Waals surface area contributed by atoms with Gasteiger partial charge in [0.2, 0.25) is 0 Å². The molecule has 0 atom stereocenters. The summed E-state index contributed by atoms with van der Waals surface area (Å²) in [7, 11) is 0. The Morgan fingerprint density at radius 1 is 1.25 bits per heavy atom. The minimum absolute atomic E-state index is 0.867. The Morgan fingerprint density at radius 2 is 1.83 bits per heavy atom. The van der Waals surface area contributed by atoms with Crippen molar-refractivity contribution in [1.29, 1.82) is 0 Å². The molecule has 0 unspecified atom stereocenters. The topological polar surface area (TPSA) is 12.0 Å². The zero-order valence-corrected chi connectivity index (χ0v) is 7.72. The number of aryl methyl sites for hydroxylation is 2. The summed E-state index contributed by atoms with van der Waals surface area (Å²) >= 11 is 0. The van der Waals surface area contributed by atoms with E-state index in [0.717, 1.165) is 6.54 Å². The fourth-order valence-electron chi connectivity index (χ4n) is 1.36. The second-order valence-corrected chi connectivity index (χ2v) is 3.08. The van der Waals surface area contributed by atoms with Crippen molar-refractivity contribution in [2.24, 2.45) is 0 Å². The number of rotatable bonds is 3. The van der Waals surface area contributed by atoms with Gasteiger partial charge < -0.3 is 5.32 Å². The molecule has 0 fully saturated rings. The average Bonchev–Trinajstić information content (AvgIpc) is 1.99. The van der Waals surface area contributed by atoms with Crippen LogP contribution >= 0.6 is 0 Å². The van der Waals surface area contributed by atoms with E-state index in [2.05, 4.69) is 43.9 Å². The molecule has 0 aliphatic carbocycles. The van der Waals surface area contributed by atoms with Crippen molar-refractivity contribution in [2.45, 2.75) is 20.4 Å². The molecule has 0 saturated carbocycles. The predicted molar refractivity (Wildman–Crippen MR) is 53.0 cm³/mol. The van der Waals surface area contributed by atoms with Gasteiger partial charge in [-0.3, -0.25) is 0 Å². The molecule has 0 saturated heterocycles. The molecule has 1 rings (SSSR count). The molecule has 1 aromatic rings. The van der Waals surface area contributed by atoms with Gasteiger partial charge in [-0.2, -0.15) is 0 Å². The van der Waals surface area contributed by atoms with Gasteiger partial charge in [0, 0.05) is 6.54 Å². The highest BCUT2D eigenvalue weighted by molar-refractivity contribution is 5.28. The summed E-state index contributed by atoms with van der Waals surface area (Å²) in [5, 5.41) is 3.08. The second-order valence-electron chi connectivity index (χ2n) is 3.08. The van der Waals surface area contributed by atoms with Crippen LogP contribution in [0.15, 0.2) is 31.0 Å². The van der Waals surface area contributed by atoms with E-state index in [9.17, 15) is 0 Å². The summed E-state index contributed by atoms with van der Waals surface area (Å²) in [5.74, 6) is 0. The van der Waals surface area contributed by atoms with Crippen LogP contribution in [0.1, 0.15) is 16.7 Å². The Kier molecular flexibility index (Phi) is 2.92. The third-order valence-electron chi connectivity index (χ3n) is 1.73. The zero-order chi connectivity index (χ0) is 8.97. The number of benzene rings is 1. The van der Waals surface area contributed by atoms with E-state index in [1.165, 1.54) is 16.7 Å². The Bertz CT molecular complexity index is 256. The molecule has 0 radical (unpaired) electrons. The summed E-state index contributed by atoms with van der Waals surface area (Å²) in [6.45, 7) is 8.71. The van der Waals surface area contributed by atoms with Crippen molar-refractivity contribution in [3.8, 4) is 0 Å². The minimum atomic E-state index is 0.867. The molecule has 0 bridgehead atoms. The first-order valence-electron chi connectivity index (χ1n) is 4.14. The van der Waals surface area contributed by atoms with Crippen LogP contribution in [0.5, 0.6) is 0 Å². The van der Waals surface area contributed by atoms with Crippen LogP contribution in [0.25, 0.3) is 0 Å². The largest absolute Gasteiger partial charge is 0.387 e. The van der Waals surface area contributed by atoms with Gasteiger partial charge in [-0.1, -0.05) is 35.9 Å². The Balaban J connectivity index is 2.78. The third-order valence-corrected chi connectivity index (χ3v) is 1.73. The smallest absolute Gasteiger partial charge is 0.0395 e. The van der Waals surface area contributed by atoms with Crippen LogP contribution in [-0.4, -0.2) is 0 Å². The molecule has 0 aromatic heterocycles. The molecule has 0 aliphatic heterocycles. The van der Waals surface area contributed by atoms with Gasteiger partial charge in [0.25, 0.3) is 0 Å². The molecule has 1 nitrogen and oxygen atoms in total. The molecular formula is C11H15N. The van der Waals surface area contributed by atoms with Crippen molar-refractivity contribution < 1.29 is 0 Å². The molecule has 0 heterocycles. The summed E-state index contributed by atoms with van der Waals surface area (Å²) in [4.78, 5) is 0. The Morgan fingerprint density at radius 3 is 2.33 bits per heavy atom. The number of nitrogens with one attached hydrogen (secondary N) is 1. The summed E-state index contributed by atoms with van der Waals surface area (Å²) < 4.78 is 0. The van der Waals surface area contributed by atoms with Crippen LogP contribution in [0, 0.1) is 13.8 Å². The van der Waals surface area contributed by atoms with Crippen molar-refractivity contribution in [3.63, 3.8) is 0 Å². The standard InChI is InChI=1S/C11H15N/c1-4-12-8-11-6-9(2)5-10(3)7-11/h4-7,12H,1,8H2,2-3H3. The van der Waals surface area contributed by atoms with Crippen LogP contribution < -0.4 is 5.32 Å². The average molecular weight is 161 g/mol. The maximum Gasteiger partial charge on any atom is 0.0395 e. The number of hydrogen-bond donors (Lipinski definition) is 1. The lowest BCUT2D eigenvalue weighted by atomic mass is 10.1. The van der Waals surface area contributed by atoms with E-state index in [-0.39, 0.29) is 0 Å². The fraction of sp³-hybridized carbons (Fsp3) is 0.273.